The molecule has 0 saturated heterocycles. The van der Waals surface area contributed by atoms with Crippen molar-refractivity contribution >= 4 is 25.7 Å². The SMILES string of the molecule is CCCCCCCC/C=C/CCCCCCCC(=O)OCC(COC(=O)/C=C/C=C/C=C/C=C/C=C/C=C/CCCCCCCCC)OP(=O)(O)OCC(N)C(=O)O. The molecule has 0 aliphatic carbocycles. The van der Waals surface area contributed by atoms with Crippen LogP contribution < -0.4 is 5.73 Å². The molecule has 330 valence electrons. The molecule has 0 aromatic heterocycles. The van der Waals surface area contributed by atoms with Crippen LogP contribution in [0.15, 0.2) is 85.1 Å². The first-order valence-electron chi connectivity index (χ1n) is 21.7. The van der Waals surface area contributed by atoms with Crippen molar-refractivity contribution in [3.8, 4) is 0 Å². The Morgan fingerprint density at radius 1 is 0.569 bits per heavy atom. The monoisotopic (exact) mass is 834 g/mol. The minimum Gasteiger partial charge on any atom is -0.480 e. The topological polar surface area (TPSA) is 172 Å². The number of ether oxygens (including phenoxy) is 2. The zero-order chi connectivity index (χ0) is 42.8. The van der Waals surface area contributed by atoms with E-state index in [-0.39, 0.29) is 6.42 Å². The lowest BCUT2D eigenvalue weighted by Crippen LogP contribution is -2.35. The second-order valence-electron chi connectivity index (χ2n) is 14.3. The fourth-order valence-electron chi connectivity index (χ4n) is 5.44. The van der Waals surface area contributed by atoms with E-state index in [9.17, 15) is 23.8 Å². The van der Waals surface area contributed by atoms with E-state index in [1.54, 1.807) is 18.2 Å². The minimum absolute atomic E-state index is 0.151. The molecule has 0 heterocycles. The Morgan fingerprint density at radius 2 is 1.00 bits per heavy atom. The van der Waals surface area contributed by atoms with Gasteiger partial charge >= 0.3 is 25.7 Å². The Hall–Kier alpha value is -3.34. The maximum Gasteiger partial charge on any atom is 0.472 e. The lowest BCUT2D eigenvalue weighted by molar-refractivity contribution is -0.150. The van der Waals surface area contributed by atoms with Gasteiger partial charge in [0.25, 0.3) is 0 Å². The Labute approximate surface area is 350 Å². The average Bonchev–Trinajstić information content (AvgIpc) is 3.20. The zero-order valence-electron chi connectivity index (χ0n) is 35.6. The van der Waals surface area contributed by atoms with Crippen LogP contribution in [-0.4, -0.2) is 59.9 Å². The fraction of sp³-hybridized carbons (Fsp3) is 0.630. The van der Waals surface area contributed by atoms with Gasteiger partial charge in [0.15, 0.2) is 0 Å². The van der Waals surface area contributed by atoms with Crippen molar-refractivity contribution in [2.75, 3.05) is 19.8 Å². The van der Waals surface area contributed by atoms with Gasteiger partial charge in [0, 0.05) is 12.5 Å². The Kier molecular flexibility index (Phi) is 38.1. The number of aliphatic carboxylic acids is 1. The van der Waals surface area contributed by atoms with Crippen molar-refractivity contribution in [1.29, 1.82) is 0 Å². The Balaban J connectivity index is 4.59. The maximum absolute atomic E-state index is 12.5. The van der Waals surface area contributed by atoms with Gasteiger partial charge in [-0.15, -0.1) is 0 Å². The maximum atomic E-state index is 12.5. The number of allylic oxidation sites excluding steroid dienone is 13. The minimum atomic E-state index is -4.85. The standard InChI is InChI=1S/C46H76NO10P/c1-3-5-7-9-11-13-15-17-19-20-21-22-24-26-28-30-32-34-36-38-45(49)55-40-42(57-58(52,53)56-41-43(47)46(50)51)39-54-44(48)37-35-33-31-29-27-25-23-18-16-14-12-10-8-6-4-2/h18-24,26,28,30,32,34,36,38,42-43H,3-17,25,27,29,31,33,35,37,39-41,47H2,1-2H3,(H,50,51)(H,52,53)/b20-19+,22-21+,23-18+,26-24+,30-28+,34-32+,38-36+. The van der Waals surface area contributed by atoms with E-state index in [1.807, 2.05) is 30.4 Å². The second-order valence-corrected chi connectivity index (χ2v) is 15.7. The largest absolute Gasteiger partial charge is 0.480 e. The number of carboxylic acid groups (broad SMARTS) is 1. The van der Waals surface area contributed by atoms with E-state index >= 15 is 0 Å². The first-order valence-corrected chi connectivity index (χ1v) is 23.2. The number of carboxylic acids is 1. The number of carbonyl (C=O) groups is 3. The van der Waals surface area contributed by atoms with Gasteiger partial charge in [-0.05, 0) is 44.9 Å². The molecule has 0 aromatic rings. The van der Waals surface area contributed by atoms with E-state index in [0.717, 1.165) is 51.0 Å². The molecule has 0 rings (SSSR count). The molecule has 4 N–H and O–H groups in total. The van der Waals surface area contributed by atoms with Gasteiger partial charge in [-0.1, -0.05) is 183 Å². The van der Waals surface area contributed by atoms with E-state index in [4.69, 9.17) is 24.8 Å². The summed E-state index contributed by atoms with van der Waals surface area (Å²) in [5, 5.41) is 8.92. The summed E-state index contributed by atoms with van der Waals surface area (Å²) in [5.74, 6) is -2.74. The highest BCUT2D eigenvalue weighted by Gasteiger charge is 2.30. The van der Waals surface area contributed by atoms with E-state index in [1.165, 1.54) is 89.5 Å². The Bertz CT molecular complexity index is 1300. The van der Waals surface area contributed by atoms with Crippen LogP contribution in [0.5, 0.6) is 0 Å². The smallest absolute Gasteiger partial charge is 0.472 e. The summed E-state index contributed by atoms with van der Waals surface area (Å²) in [5.41, 5.74) is 5.34. The van der Waals surface area contributed by atoms with Crippen LogP contribution in [0.4, 0.5) is 0 Å². The molecule has 11 nitrogen and oxygen atoms in total. The van der Waals surface area contributed by atoms with Gasteiger partial charge in [0.2, 0.25) is 0 Å². The molecule has 0 spiro atoms. The molecule has 0 aliphatic heterocycles. The van der Waals surface area contributed by atoms with Gasteiger partial charge in [-0.2, -0.15) is 0 Å². The summed E-state index contributed by atoms with van der Waals surface area (Å²) in [4.78, 5) is 45.8. The molecule has 0 aromatic carbocycles. The Morgan fingerprint density at radius 3 is 1.52 bits per heavy atom. The predicted octanol–water partition coefficient (Wildman–Crippen LogP) is 11.5. The number of carbonyl (C=O) groups excluding carboxylic acids is 2. The zero-order valence-corrected chi connectivity index (χ0v) is 36.5. The highest BCUT2D eigenvalue weighted by Crippen LogP contribution is 2.44. The van der Waals surface area contributed by atoms with Crippen molar-refractivity contribution in [1.82, 2.24) is 0 Å². The number of phosphoric acid groups is 1. The summed E-state index contributed by atoms with van der Waals surface area (Å²) < 4.78 is 32.6. The van der Waals surface area contributed by atoms with E-state index < -0.39 is 57.7 Å². The lowest BCUT2D eigenvalue weighted by atomic mass is 10.1. The normalized spacial score (nSPS) is 14.6. The summed E-state index contributed by atoms with van der Waals surface area (Å²) in [6, 6.07) is -1.57. The average molecular weight is 834 g/mol. The van der Waals surface area contributed by atoms with Crippen molar-refractivity contribution in [2.45, 2.75) is 167 Å². The third-order valence-electron chi connectivity index (χ3n) is 8.84. The fourth-order valence-corrected chi connectivity index (χ4v) is 6.34. The van der Waals surface area contributed by atoms with Gasteiger partial charge < -0.3 is 25.2 Å². The van der Waals surface area contributed by atoms with Crippen LogP contribution >= 0.6 is 7.82 Å². The highest BCUT2D eigenvalue weighted by atomic mass is 31.2. The molecule has 3 unspecified atom stereocenters. The van der Waals surface area contributed by atoms with E-state index in [2.05, 4.69) is 42.7 Å². The molecule has 0 radical (unpaired) electrons. The highest BCUT2D eigenvalue weighted by molar-refractivity contribution is 7.47. The summed E-state index contributed by atoms with van der Waals surface area (Å²) >= 11 is 0. The van der Waals surface area contributed by atoms with Crippen LogP contribution in [-0.2, 0) is 37.5 Å². The molecule has 58 heavy (non-hydrogen) atoms. The van der Waals surface area contributed by atoms with Gasteiger partial charge in [-0.3, -0.25) is 18.6 Å². The number of nitrogens with two attached hydrogens (primary N) is 1. The number of unbranched alkanes of at least 4 members (excludes halogenated alkanes) is 18. The van der Waals surface area contributed by atoms with Crippen molar-refractivity contribution < 1.29 is 47.5 Å². The molecule has 3 atom stereocenters. The quantitative estimate of drug-likeness (QED) is 0.0134. The first kappa shape index (κ1) is 54.7. The molecular weight excluding hydrogens is 757 g/mol. The molecule has 0 saturated carbocycles. The molecule has 0 amide bonds. The van der Waals surface area contributed by atoms with Gasteiger partial charge in [-0.25, -0.2) is 9.36 Å². The summed E-state index contributed by atoms with van der Waals surface area (Å²) in [6.45, 7) is 2.62. The molecule has 12 heteroatoms. The van der Waals surface area contributed by atoms with E-state index in [0.29, 0.717) is 6.42 Å². The van der Waals surface area contributed by atoms with Crippen molar-refractivity contribution in [3.05, 3.63) is 85.1 Å². The number of rotatable bonds is 39. The van der Waals surface area contributed by atoms with Crippen molar-refractivity contribution in [2.24, 2.45) is 5.73 Å². The van der Waals surface area contributed by atoms with Crippen LogP contribution in [0.2, 0.25) is 0 Å². The predicted molar refractivity (Wildman–Crippen MR) is 235 cm³/mol. The van der Waals surface area contributed by atoms with Gasteiger partial charge in [0.1, 0.15) is 25.4 Å². The van der Waals surface area contributed by atoms with Crippen LogP contribution in [0.1, 0.15) is 155 Å². The second kappa shape index (κ2) is 40.4. The third kappa shape index (κ3) is 39.5. The molecule has 0 aliphatic rings. The first-order chi connectivity index (χ1) is 28.1. The van der Waals surface area contributed by atoms with Gasteiger partial charge in [0.05, 0.1) is 6.61 Å². The number of hydrogen-bond donors (Lipinski definition) is 3. The van der Waals surface area contributed by atoms with Crippen LogP contribution in [0.3, 0.4) is 0 Å². The number of hydrogen-bond acceptors (Lipinski definition) is 9. The number of phosphoric ester groups is 1. The van der Waals surface area contributed by atoms with Crippen LogP contribution in [0, 0.1) is 0 Å². The molecule has 0 bridgehead atoms. The van der Waals surface area contributed by atoms with Crippen LogP contribution in [0.25, 0.3) is 0 Å². The summed E-state index contributed by atoms with van der Waals surface area (Å²) in [7, 11) is -4.85. The summed E-state index contributed by atoms with van der Waals surface area (Å²) in [6.07, 6.45) is 49.9. The molecule has 0 fully saturated rings. The third-order valence-corrected chi connectivity index (χ3v) is 9.88. The number of esters is 2. The van der Waals surface area contributed by atoms with Crippen molar-refractivity contribution in [3.63, 3.8) is 0 Å². The molecular formula is C46H76NO10P. The lowest BCUT2D eigenvalue weighted by Gasteiger charge is -2.21.